The summed E-state index contributed by atoms with van der Waals surface area (Å²) in [5, 5.41) is 3.28. The third-order valence-electron chi connectivity index (χ3n) is 3.47. The summed E-state index contributed by atoms with van der Waals surface area (Å²) < 4.78 is 0.761. The lowest BCUT2D eigenvalue weighted by atomic mass is 9.96. The normalized spacial score (nSPS) is 22.4. The molecule has 104 valence electrons. The molecule has 1 amide bonds. The summed E-state index contributed by atoms with van der Waals surface area (Å²) in [7, 11) is 0. The maximum Gasteiger partial charge on any atom is 0.227 e. The van der Waals surface area contributed by atoms with E-state index in [1.54, 1.807) is 6.08 Å². The Bertz CT molecular complexity index is 460. The summed E-state index contributed by atoms with van der Waals surface area (Å²) in [6.45, 7) is 8.76. The summed E-state index contributed by atoms with van der Waals surface area (Å²) in [6, 6.07) is 3.85. The molecule has 1 N–H and O–H groups in total. The molecule has 1 saturated heterocycles. The van der Waals surface area contributed by atoms with E-state index in [-0.39, 0.29) is 11.8 Å². The topological polar surface area (TPSA) is 32.3 Å². The standard InChI is InChI=1S/C14H19ClN2OS/c1-3-6-17(9-11-4-5-13(15)19-11)14(18)12-8-16-7-10(12)2/h3-5,10,12,16H,1,6-9H2,2H3. The van der Waals surface area contributed by atoms with Gasteiger partial charge in [0.1, 0.15) is 0 Å². The number of amides is 1. The van der Waals surface area contributed by atoms with Crippen molar-refractivity contribution < 1.29 is 4.79 Å². The number of halogens is 1. The Labute approximate surface area is 123 Å². The molecule has 1 aromatic rings. The molecule has 5 heteroatoms. The highest BCUT2D eigenvalue weighted by Crippen LogP contribution is 2.25. The van der Waals surface area contributed by atoms with Crippen LogP contribution >= 0.6 is 22.9 Å². The molecule has 2 unspecified atom stereocenters. The van der Waals surface area contributed by atoms with Gasteiger partial charge in [-0.15, -0.1) is 17.9 Å². The van der Waals surface area contributed by atoms with Crippen LogP contribution in [0.5, 0.6) is 0 Å². The molecule has 19 heavy (non-hydrogen) atoms. The zero-order valence-electron chi connectivity index (χ0n) is 11.1. The molecule has 1 aliphatic heterocycles. The molecular formula is C14H19ClN2OS. The van der Waals surface area contributed by atoms with E-state index in [0.29, 0.717) is 19.0 Å². The summed E-state index contributed by atoms with van der Waals surface area (Å²) in [4.78, 5) is 15.5. The largest absolute Gasteiger partial charge is 0.334 e. The van der Waals surface area contributed by atoms with Crippen molar-refractivity contribution in [1.29, 1.82) is 0 Å². The van der Waals surface area contributed by atoms with Gasteiger partial charge in [0.15, 0.2) is 0 Å². The van der Waals surface area contributed by atoms with Crippen LogP contribution in [0.2, 0.25) is 4.34 Å². The van der Waals surface area contributed by atoms with Crippen LogP contribution in [0.3, 0.4) is 0 Å². The number of nitrogens with one attached hydrogen (secondary N) is 1. The van der Waals surface area contributed by atoms with Crippen LogP contribution in [-0.2, 0) is 11.3 Å². The number of hydrogen-bond donors (Lipinski definition) is 1. The first-order valence-corrected chi connectivity index (χ1v) is 7.66. The van der Waals surface area contributed by atoms with Crippen LogP contribution in [0, 0.1) is 11.8 Å². The maximum absolute atomic E-state index is 12.6. The fraction of sp³-hybridized carbons (Fsp3) is 0.500. The molecule has 0 saturated carbocycles. The minimum atomic E-state index is 0.0791. The van der Waals surface area contributed by atoms with Gasteiger partial charge in [0.2, 0.25) is 5.91 Å². The van der Waals surface area contributed by atoms with E-state index in [4.69, 9.17) is 11.6 Å². The van der Waals surface area contributed by atoms with Crippen LogP contribution < -0.4 is 5.32 Å². The van der Waals surface area contributed by atoms with E-state index in [0.717, 1.165) is 22.3 Å². The van der Waals surface area contributed by atoms with E-state index in [9.17, 15) is 4.79 Å². The second-order valence-corrected chi connectivity index (χ2v) is 6.75. The van der Waals surface area contributed by atoms with Gasteiger partial charge in [-0.3, -0.25) is 4.79 Å². The Hall–Kier alpha value is -0.840. The molecule has 2 rings (SSSR count). The van der Waals surface area contributed by atoms with Crippen LogP contribution in [0.25, 0.3) is 0 Å². The van der Waals surface area contributed by atoms with Gasteiger partial charge in [0.05, 0.1) is 16.8 Å². The molecular weight excluding hydrogens is 280 g/mol. The molecule has 1 aliphatic rings. The van der Waals surface area contributed by atoms with Gasteiger partial charge in [-0.1, -0.05) is 24.6 Å². The van der Waals surface area contributed by atoms with Gasteiger partial charge in [-0.05, 0) is 24.6 Å². The second kappa shape index (κ2) is 6.55. The first-order valence-electron chi connectivity index (χ1n) is 6.46. The SMILES string of the molecule is C=CCN(Cc1ccc(Cl)s1)C(=O)C1CNCC1C. The minimum absolute atomic E-state index is 0.0791. The van der Waals surface area contributed by atoms with Gasteiger partial charge in [0.25, 0.3) is 0 Å². The summed E-state index contributed by atoms with van der Waals surface area (Å²) in [5.41, 5.74) is 0. The molecule has 0 bridgehead atoms. The number of thiophene rings is 1. The first kappa shape index (κ1) is 14.6. The zero-order chi connectivity index (χ0) is 13.8. The van der Waals surface area contributed by atoms with Gasteiger partial charge >= 0.3 is 0 Å². The molecule has 2 atom stereocenters. The third kappa shape index (κ3) is 3.59. The van der Waals surface area contributed by atoms with Crippen molar-refractivity contribution in [1.82, 2.24) is 10.2 Å². The number of carbonyl (C=O) groups is 1. The molecule has 2 heterocycles. The van der Waals surface area contributed by atoms with Crippen molar-refractivity contribution in [2.45, 2.75) is 13.5 Å². The average molecular weight is 299 g/mol. The number of carbonyl (C=O) groups excluding carboxylic acids is 1. The van der Waals surface area contributed by atoms with E-state index in [1.165, 1.54) is 11.3 Å². The van der Waals surface area contributed by atoms with Crippen molar-refractivity contribution in [3.8, 4) is 0 Å². The Balaban J connectivity index is 2.06. The fourth-order valence-corrected chi connectivity index (χ4v) is 3.49. The van der Waals surface area contributed by atoms with Crippen molar-refractivity contribution in [3.63, 3.8) is 0 Å². The highest BCUT2D eigenvalue weighted by Gasteiger charge is 2.32. The van der Waals surface area contributed by atoms with Crippen molar-refractivity contribution >= 4 is 28.8 Å². The Morgan fingerprint density at radius 1 is 1.63 bits per heavy atom. The average Bonchev–Trinajstić information content (AvgIpc) is 2.97. The van der Waals surface area contributed by atoms with Crippen LogP contribution in [-0.4, -0.2) is 30.4 Å². The molecule has 1 fully saturated rings. The van der Waals surface area contributed by atoms with Gasteiger partial charge in [-0.25, -0.2) is 0 Å². The quantitative estimate of drug-likeness (QED) is 0.848. The van der Waals surface area contributed by atoms with Crippen molar-refractivity contribution in [2.75, 3.05) is 19.6 Å². The van der Waals surface area contributed by atoms with Crippen LogP contribution in [0.15, 0.2) is 24.8 Å². The molecule has 0 radical (unpaired) electrons. The van der Waals surface area contributed by atoms with Crippen LogP contribution in [0.1, 0.15) is 11.8 Å². The van der Waals surface area contributed by atoms with E-state index in [1.807, 2.05) is 17.0 Å². The minimum Gasteiger partial charge on any atom is -0.334 e. The third-order valence-corrected chi connectivity index (χ3v) is 4.69. The van der Waals surface area contributed by atoms with Crippen molar-refractivity contribution in [2.24, 2.45) is 11.8 Å². The van der Waals surface area contributed by atoms with Gasteiger partial charge in [0, 0.05) is 18.0 Å². The van der Waals surface area contributed by atoms with E-state index < -0.39 is 0 Å². The van der Waals surface area contributed by atoms with Crippen molar-refractivity contribution in [3.05, 3.63) is 34.0 Å². The lowest BCUT2D eigenvalue weighted by molar-refractivity contribution is -0.136. The number of hydrogen-bond acceptors (Lipinski definition) is 3. The molecule has 3 nitrogen and oxygen atoms in total. The van der Waals surface area contributed by atoms with E-state index >= 15 is 0 Å². The van der Waals surface area contributed by atoms with Crippen LogP contribution in [0.4, 0.5) is 0 Å². The molecule has 1 aromatic heterocycles. The summed E-state index contributed by atoms with van der Waals surface area (Å²) in [6.07, 6.45) is 1.78. The lowest BCUT2D eigenvalue weighted by Crippen LogP contribution is -2.38. The molecule has 0 spiro atoms. The fourth-order valence-electron chi connectivity index (χ4n) is 2.39. The highest BCUT2D eigenvalue weighted by atomic mass is 35.5. The maximum atomic E-state index is 12.6. The Morgan fingerprint density at radius 3 is 2.95 bits per heavy atom. The lowest BCUT2D eigenvalue weighted by Gasteiger charge is -2.25. The number of nitrogens with zero attached hydrogens (tertiary/aromatic N) is 1. The predicted molar refractivity (Wildman–Crippen MR) is 80.5 cm³/mol. The highest BCUT2D eigenvalue weighted by molar-refractivity contribution is 7.16. The Kier molecular flexibility index (Phi) is 5.02. The van der Waals surface area contributed by atoms with Gasteiger partial charge in [-0.2, -0.15) is 0 Å². The second-order valence-electron chi connectivity index (χ2n) is 4.96. The van der Waals surface area contributed by atoms with E-state index in [2.05, 4.69) is 18.8 Å². The summed E-state index contributed by atoms with van der Waals surface area (Å²) in [5.74, 6) is 0.684. The molecule has 0 aromatic carbocycles. The number of rotatable bonds is 5. The smallest absolute Gasteiger partial charge is 0.227 e. The van der Waals surface area contributed by atoms with Gasteiger partial charge < -0.3 is 10.2 Å². The first-order chi connectivity index (χ1) is 9.11. The Morgan fingerprint density at radius 2 is 2.42 bits per heavy atom. The summed E-state index contributed by atoms with van der Waals surface area (Å²) >= 11 is 7.46. The monoisotopic (exact) mass is 298 g/mol. The predicted octanol–water partition coefficient (Wildman–Crippen LogP) is 2.77. The zero-order valence-corrected chi connectivity index (χ0v) is 12.6. The molecule has 0 aliphatic carbocycles.